The van der Waals surface area contributed by atoms with Gasteiger partial charge in [-0.1, -0.05) is 51.9 Å². The van der Waals surface area contributed by atoms with Crippen molar-refractivity contribution in [3.05, 3.63) is 29.8 Å². The SMILES string of the molecule is CCCCCCCCCCOCCOCCOCCOc1ccc(C=O)cc1. The third-order valence-electron chi connectivity index (χ3n) is 4.40. The van der Waals surface area contributed by atoms with Gasteiger partial charge in [-0.3, -0.25) is 4.79 Å². The Hall–Kier alpha value is -1.43. The molecule has 0 aliphatic carbocycles. The predicted molar refractivity (Wildman–Crippen MR) is 112 cm³/mol. The maximum atomic E-state index is 10.6. The second kappa shape index (κ2) is 18.9. The minimum Gasteiger partial charge on any atom is -0.491 e. The Bertz CT molecular complexity index is 461. The molecule has 0 radical (unpaired) electrons. The zero-order chi connectivity index (χ0) is 20.1. The van der Waals surface area contributed by atoms with Crippen molar-refractivity contribution in [3.8, 4) is 5.75 Å². The summed E-state index contributed by atoms with van der Waals surface area (Å²) in [6.07, 6.45) is 11.4. The van der Waals surface area contributed by atoms with Gasteiger partial charge in [-0.15, -0.1) is 0 Å². The highest BCUT2D eigenvalue weighted by Gasteiger charge is 1.96. The number of carbonyl (C=O) groups excluding carboxylic acids is 1. The number of rotatable bonds is 20. The van der Waals surface area contributed by atoms with Gasteiger partial charge in [0.2, 0.25) is 0 Å². The van der Waals surface area contributed by atoms with Crippen molar-refractivity contribution in [1.29, 1.82) is 0 Å². The van der Waals surface area contributed by atoms with Crippen LogP contribution in [0.4, 0.5) is 0 Å². The van der Waals surface area contributed by atoms with Gasteiger partial charge in [-0.25, -0.2) is 0 Å². The molecule has 0 atom stereocenters. The fourth-order valence-electron chi connectivity index (χ4n) is 2.74. The van der Waals surface area contributed by atoms with Crippen LogP contribution in [0.5, 0.6) is 5.75 Å². The fourth-order valence-corrected chi connectivity index (χ4v) is 2.74. The summed E-state index contributed by atoms with van der Waals surface area (Å²) in [6.45, 7) is 6.44. The number of ether oxygens (including phenoxy) is 4. The monoisotopic (exact) mass is 394 g/mol. The number of aldehydes is 1. The molecule has 0 amide bonds. The zero-order valence-electron chi connectivity index (χ0n) is 17.5. The summed E-state index contributed by atoms with van der Waals surface area (Å²) < 4.78 is 22.1. The molecule has 0 heterocycles. The van der Waals surface area contributed by atoms with Crippen LogP contribution in [-0.4, -0.2) is 52.5 Å². The van der Waals surface area contributed by atoms with Crippen molar-refractivity contribution in [3.63, 3.8) is 0 Å². The molecule has 160 valence electrons. The molecule has 1 aromatic carbocycles. The molecule has 0 aliphatic rings. The van der Waals surface area contributed by atoms with Crippen molar-refractivity contribution in [1.82, 2.24) is 0 Å². The van der Waals surface area contributed by atoms with Crippen molar-refractivity contribution >= 4 is 6.29 Å². The summed E-state index contributed by atoms with van der Waals surface area (Å²) >= 11 is 0. The molecule has 0 unspecified atom stereocenters. The van der Waals surface area contributed by atoms with E-state index in [1.54, 1.807) is 24.3 Å². The van der Waals surface area contributed by atoms with Crippen LogP contribution in [0.2, 0.25) is 0 Å². The Balaban J connectivity index is 1.74. The molecule has 5 heteroatoms. The van der Waals surface area contributed by atoms with Gasteiger partial charge in [0.15, 0.2) is 0 Å². The maximum Gasteiger partial charge on any atom is 0.150 e. The molecule has 0 fully saturated rings. The minimum atomic E-state index is 0.474. The summed E-state index contributed by atoms with van der Waals surface area (Å²) in [5, 5.41) is 0. The van der Waals surface area contributed by atoms with E-state index in [9.17, 15) is 4.79 Å². The molecule has 0 saturated carbocycles. The van der Waals surface area contributed by atoms with E-state index in [1.807, 2.05) is 0 Å². The maximum absolute atomic E-state index is 10.6. The first kappa shape index (κ1) is 24.6. The number of carbonyl (C=O) groups is 1. The second-order valence-electron chi connectivity index (χ2n) is 6.85. The van der Waals surface area contributed by atoms with Gasteiger partial charge >= 0.3 is 0 Å². The number of unbranched alkanes of at least 4 members (excludes halogenated alkanes) is 7. The van der Waals surface area contributed by atoms with E-state index in [2.05, 4.69) is 6.92 Å². The van der Waals surface area contributed by atoms with E-state index in [0.29, 0.717) is 45.2 Å². The molecule has 0 aliphatic heterocycles. The number of hydrogen-bond donors (Lipinski definition) is 0. The summed E-state index contributed by atoms with van der Waals surface area (Å²) in [4.78, 5) is 10.6. The Labute approximate surface area is 170 Å². The van der Waals surface area contributed by atoms with E-state index >= 15 is 0 Å². The molecule has 0 aromatic heterocycles. The predicted octanol–water partition coefficient (Wildman–Crippen LogP) is 5.07. The van der Waals surface area contributed by atoms with E-state index < -0.39 is 0 Å². The molecule has 1 rings (SSSR count). The lowest BCUT2D eigenvalue weighted by Gasteiger charge is -2.08. The topological polar surface area (TPSA) is 54.0 Å². The zero-order valence-corrected chi connectivity index (χ0v) is 17.5. The van der Waals surface area contributed by atoms with E-state index in [-0.39, 0.29) is 0 Å². The van der Waals surface area contributed by atoms with E-state index in [1.165, 1.54) is 44.9 Å². The van der Waals surface area contributed by atoms with Crippen molar-refractivity contribution < 1.29 is 23.7 Å². The van der Waals surface area contributed by atoms with Gasteiger partial charge in [0.05, 0.1) is 33.0 Å². The van der Waals surface area contributed by atoms with Crippen LogP contribution in [-0.2, 0) is 14.2 Å². The van der Waals surface area contributed by atoms with Crippen LogP contribution in [0, 0.1) is 0 Å². The first-order valence-corrected chi connectivity index (χ1v) is 10.8. The number of benzene rings is 1. The van der Waals surface area contributed by atoms with Gasteiger partial charge in [0.1, 0.15) is 18.6 Å². The largest absolute Gasteiger partial charge is 0.491 e. The summed E-state index contributed by atoms with van der Waals surface area (Å²) in [6, 6.07) is 7.02. The highest BCUT2D eigenvalue weighted by molar-refractivity contribution is 5.74. The highest BCUT2D eigenvalue weighted by atomic mass is 16.6. The number of hydrogen-bond acceptors (Lipinski definition) is 5. The van der Waals surface area contributed by atoms with E-state index in [4.69, 9.17) is 18.9 Å². The first-order valence-electron chi connectivity index (χ1n) is 10.8. The van der Waals surface area contributed by atoms with E-state index in [0.717, 1.165) is 25.1 Å². The van der Waals surface area contributed by atoms with Crippen molar-refractivity contribution in [2.75, 3.05) is 46.2 Å². The Kier molecular flexibility index (Phi) is 16.6. The molecular formula is C23H38O5. The Morgan fingerprint density at radius 1 is 0.643 bits per heavy atom. The van der Waals surface area contributed by atoms with Crippen molar-refractivity contribution in [2.24, 2.45) is 0 Å². The lowest BCUT2D eigenvalue weighted by Crippen LogP contribution is -2.13. The summed E-state index contributed by atoms with van der Waals surface area (Å²) in [5.41, 5.74) is 0.641. The lowest BCUT2D eigenvalue weighted by atomic mass is 10.1. The van der Waals surface area contributed by atoms with Crippen LogP contribution >= 0.6 is 0 Å². The molecule has 0 spiro atoms. The Morgan fingerprint density at radius 2 is 1.14 bits per heavy atom. The highest BCUT2D eigenvalue weighted by Crippen LogP contribution is 2.10. The first-order chi connectivity index (χ1) is 13.9. The molecule has 5 nitrogen and oxygen atoms in total. The smallest absolute Gasteiger partial charge is 0.150 e. The average Bonchev–Trinajstić information content (AvgIpc) is 2.73. The van der Waals surface area contributed by atoms with Crippen LogP contribution < -0.4 is 4.74 Å². The van der Waals surface area contributed by atoms with Crippen LogP contribution in [0.3, 0.4) is 0 Å². The van der Waals surface area contributed by atoms with Crippen LogP contribution in [0.1, 0.15) is 68.6 Å². The van der Waals surface area contributed by atoms with Gasteiger partial charge < -0.3 is 18.9 Å². The molecular weight excluding hydrogens is 356 g/mol. The molecule has 28 heavy (non-hydrogen) atoms. The normalized spacial score (nSPS) is 10.9. The van der Waals surface area contributed by atoms with Gasteiger partial charge in [-0.2, -0.15) is 0 Å². The minimum absolute atomic E-state index is 0.474. The fraction of sp³-hybridized carbons (Fsp3) is 0.696. The Morgan fingerprint density at radius 3 is 1.71 bits per heavy atom. The van der Waals surface area contributed by atoms with Crippen LogP contribution in [0.15, 0.2) is 24.3 Å². The van der Waals surface area contributed by atoms with Gasteiger partial charge in [0.25, 0.3) is 0 Å². The van der Waals surface area contributed by atoms with Crippen molar-refractivity contribution in [2.45, 2.75) is 58.3 Å². The second-order valence-corrected chi connectivity index (χ2v) is 6.85. The quantitative estimate of drug-likeness (QED) is 0.228. The molecule has 0 N–H and O–H groups in total. The molecule has 1 aromatic rings. The summed E-state index contributed by atoms with van der Waals surface area (Å²) in [7, 11) is 0. The third kappa shape index (κ3) is 14.6. The molecule has 0 bridgehead atoms. The standard InChI is InChI=1S/C23H38O5/c1-2-3-4-5-6-7-8-9-14-25-15-16-26-17-18-27-19-20-28-23-12-10-22(21-24)11-13-23/h10-13,21H,2-9,14-20H2,1H3. The third-order valence-corrected chi connectivity index (χ3v) is 4.40. The summed E-state index contributed by atoms with van der Waals surface area (Å²) in [5.74, 6) is 0.735. The average molecular weight is 395 g/mol. The van der Waals surface area contributed by atoms with Gasteiger partial charge in [0, 0.05) is 12.2 Å². The van der Waals surface area contributed by atoms with Crippen LogP contribution in [0.25, 0.3) is 0 Å². The van der Waals surface area contributed by atoms with Gasteiger partial charge in [-0.05, 0) is 30.7 Å². The molecule has 0 saturated heterocycles. The lowest BCUT2D eigenvalue weighted by molar-refractivity contribution is 0.00878.